The normalized spacial score (nSPS) is 24.7. The van der Waals surface area contributed by atoms with Crippen molar-refractivity contribution < 1.29 is 9.59 Å². The molecule has 1 aromatic heterocycles. The van der Waals surface area contributed by atoms with Crippen LogP contribution in [0, 0.1) is 5.92 Å². The highest BCUT2D eigenvalue weighted by Crippen LogP contribution is 2.33. The monoisotopic (exact) mass is 401 g/mol. The summed E-state index contributed by atoms with van der Waals surface area (Å²) in [5.41, 5.74) is 6.93. The first-order chi connectivity index (χ1) is 13.9. The lowest BCUT2D eigenvalue weighted by Gasteiger charge is -2.48. The number of hydrogen-bond acceptors (Lipinski definition) is 5. The molecule has 0 radical (unpaired) electrons. The maximum absolute atomic E-state index is 13.2. The summed E-state index contributed by atoms with van der Waals surface area (Å²) in [5.74, 6) is -0.236. The summed E-state index contributed by atoms with van der Waals surface area (Å²) in [6, 6.07) is 1.62. The number of fused-ring (bicyclic) bond motifs is 1. The highest BCUT2D eigenvalue weighted by Gasteiger charge is 2.46. The van der Waals surface area contributed by atoms with Gasteiger partial charge in [-0.05, 0) is 63.6 Å². The van der Waals surface area contributed by atoms with Crippen LogP contribution in [0.1, 0.15) is 49.8 Å². The van der Waals surface area contributed by atoms with Crippen molar-refractivity contribution in [3.05, 3.63) is 27.7 Å². The molecule has 4 rings (SSSR count). The van der Waals surface area contributed by atoms with E-state index in [4.69, 9.17) is 5.73 Å². The summed E-state index contributed by atoms with van der Waals surface area (Å²) >= 11 is 0. The van der Waals surface area contributed by atoms with E-state index < -0.39 is 5.54 Å². The topological polar surface area (TPSA) is 102 Å². The van der Waals surface area contributed by atoms with Crippen LogP contribution in [0.4, 0.5) is 0 Å². The molecule has 158 valence electrons. The van der Waals surface area contributed by atoms with Crippen molar-refractivity contribution in [3.63, 3.8) is 0 Å². The van der Waals surface area contributed by atoms with Crippen molar-refractivity contribution in [3.8, 4) is 0 Å². The minimum Gasteiger partial charge on any atom is -0.368 e. The lowest BCUT2D eigenvalue weighted by molar-refractivity contribution is -0.144. The van der Waals surface area contributed by atoms with Crippen LogP contribution in [0.25, 0.3) is 0 Å². The summed E-state index contributed by atoms with van der Waals surface area (Å²) in [6.45, 7) is 2.96. The van der Waals surface area contributed by atoms with Crippen molar-refractivity contribution in [2.45, 2.75) is 56.9 Å². The molecule has 0 spiro atoms. The third-order valence-electron chi connectivity index (χ3n) is 7.13. The predicted octanol–water partition coefficient (Wildman–Crippen LogP) is 0.218. The van der Waals surface area contributed by atoms with Gasteiger partial charge in [-0.25, -0.2) is 4.68 Å². The molecule has 2 fully saturated rings. The number of likely N-dealkylation sites (tertiary alicyclic amines) is 2. The molecule has 0 bridgehead atoms. The highest BCUT2D eigenvalue weighted by molar-refractivity contribution is 5.86. The number of hydrogen-bond donors (Lipinski definition) is 1. The van der Waals surface area contributed by atoms with Gasteiger partial charge in [0.1, 0.15) is 5.54 Å². The van der Waals surface area contributed by atoms with Gasteiger partial charge in [-0.15, -0.1) is 0 Å². The molecule has 2 saturated heterocycles. The van der Waals surface area contributed by atoms with Crippen molar-refractivity contribution in [2.24, 2.45) is 18.7 Å². The van der Waals surface area contributed by atoms with Gasteiger partial charge in [0, 0.05) is 32.1 Å². The van der Waals surface area contributed by atoms with Gasteiger partial charge in [0.15, 0.2) is 0 Å². The molecule has 2 amide bonds. The summed E-state index contributed by atoms with van der Waals surface area (Å²) < 4.78 is 1.36. The number of rotatable bonds is 3. The van der Waals surface area contributed by atoms with E-state index in [1.54, 1.807) is 13.1 Å². The molecular weight excluding hydrogens is 370 g/mol. The third kappa shape index (κ3) is 3.70. The van der Waals surface area contributed by atoms with E-state index in [-0.39, 0.29) is 23.3 Å². The molecule has 1 unspecified atom stereocenters. The first-order valence-corrected chi connectivity index (χ1v) is 10.8. The van der Waals surface area contributed by atoms with Crippen LogP contribution in [-0.4, -0.2) is 63.1 Å². The van der Waals surface area contributed by atoms with E-state index in [1.165, 1.54) is 11.1 Å². The van der Waals surface area contributed by atoms with E-state index in [1.807, 2.05) is 4.90 Å². The number of nitrogens with zero attached hydrogens (tertiary/aromatic N) is 4. The molecule has 3 heterocycles. The van der Waals surface area contributed by atoms with Crippen LogP contribution in [0.15, 0.2) is 10.9 Å². The van der Waals surface area contributed by atoms with Crippen LogP contribution in [0.5, 0.6) is 0 Å². The van der Waals surface area contributed by atoms with Gasteiger partial charge in [-0.1, -0.05) is 6.42 Å². The molecule has 1 aromatic rings. The molecule has 1 atom stereocenters. The Labute approximate surface area is 171 Å². The van der Waals surface area contributed by atoms with Crippen LogP contribution in [-0.2, 0) is 29.5 Å². The van der Waals surface area contributed by atoms with Crippen LogP contribution in [0.3, 0.4) is 0 Å². The van der Waals surface area contributed by atoms with Crippen molar-refractivity contribution in [2.75, 3.05) is 26.2 Å². The Balaban J connectivity index is 1.43. The fourth-order valence-electron chi connectivity index (χ4n) is 5.29. The van der Waals surface area contributed by atoms with Gasteiger partial charge in [-0.2, -0.15) is 5.10 Å². The van der Waals surface area contributed by atoms with Crippen molar-refractivity contribution in [1.82, 2.24) is 19.6 Å². The van der Waals surface area contributed by atoms with E-state index in [2.05, 4.69) is 10.00 Å². The summed E-state index contributed by atoms with van der Waals surface area (Å²) in [7, 11) is 1.65. The van der Waals surface area contributed by atoms with Gasteiger partial charge in [0.2, 0.25) is 11.8 Å². The standard InChI is InChI=1S/C21H31N5O3/c1-24-18(27)14-16-13-15(5-6-17(16)23-24)19(28)25-11-7-21(8-12-25,20(22)29)26-9-3-2-4-10-26/h14-15H,2-13H2,1H3,(H2,22,29). The summed E-state index contributed by atoms with van der Waals surface area (Å²) in [5, 5.41) is 4.33. The molecule has 8 nitrogen and oxygen atoms in total. The zero-order valence-corrected chi connectivity index (χ0v) is 17.2. The first-order valence-electron chi connectivity index (χ1n) is 10.8. The van der Waals surface area contributed by atoms with Gasteiger partial charge in [0.05, 0.1) is 5.69 Å². The maximum atomic E-state index is 13.2. The largest absolute Gasteiger partial charge is 0.368 e. The molecular formula is C21H31N5O3. The number of piperidine rings is 2. The van der Waals surface area contributed by atoms with Crippen LogP contribution >= 0.6 is 0 Å². The molecule has 3 aliphatic rings. The predicted molar refractivity (Wildman–Crippen MR) is 108 cm³/mol. The lowest BCUT2D eigenvalue weighted by atomic mass is 9.81. The van der Waals surface area contributed by atoms with Crippen LogP contribution < -0.4 is 11.3 Å². The Bertz CT molecular complexity index is 850. The van der Waals surface area contributed by atoms with E-state index in [9.17, 15) is 14.4 Å². The number of aromatic nitrogens is 2. The van der Waals surface area contributed by atoms with Gasteiger partial charge < -0.3 is 10.6 Å². The van der Waals surface area contributed by atoms with Gasteiger partial charge in [0.25, 0.3) is 5.56 Å². The average Bonchev–Trinajstić information content (AvgIpc) is 2.74. The average molecular weight is 402 g/mol. The molecule has 0 saturated carbocycles. The second kappa shape index (κ2) is 7.89. The molecule has 29 heavy (non-hydrogen) atoms. The zero-order chi connectivity index (χ0) is 20.6. The SMILES string of the molecule is Cn1nc2c(cc1=O)CC(C(=O)N1CCC(C(N)=O)(N3CCCCC3)CC1)CC2. The van der Waals surface area contributed by atoms with Gasteiger partial charge >= 0.3 is 0 Å². The Morgan fingerprint density at radius 2 is 1.83 bits per heavy atom. The van der Waals surface area contributed by atoms with Gasteiger partial charge in [-0.3, -0.25) is 19.3 Å². The Morgan fingerprint density at radius 1 is 1.14 bits per heavy atom. The third-order valence-corrected chi connectivity index (χ3v) is 7.13. The van der Waals surface area contributed by atoms with Crippen molar-refractivity contribution in [1.29, 1.82) is 0 Å². The number of primary amides is 1. The Morgan fingerprint density at radius 3 is 2.48 bits per heavy atom. The lowest BCUT2D eigenvalue weighted by Crippen LogP contribution is -2.64. The number of carbonyl (C=O) groups is 2. The Kier molecular flexibility index (Phi) is 5.46. The van der Waals surface area contributed by atoms with Crippen molar-refractivity contribution >= 4 is 11.8 Å². The quantitative estimate of drug-likeness (QED) is 0.781. The Hall–Kier alpha value is -2.22. The highest BCUT2D eigenvalue weighted by atomic mass is 16.2. The summed E-state index contributed by atoms with van der Waals surface area (Å²) in [4.78, 5) is 41.6. The van der Waals surface area contributed by atoms with Crippen LogP contribution in [0.2, 0.25) is 0 Å². The molecule has 1 aliphatic carbocycles. The summed E-state index contributed by atoms with van der Waals surface area (Å²) in [6.07, 6.45) is 6.67. The minimum atomic E-state index is -0.605. The van der Waals surface area contributed by atoms with E-state index in [0.717, 1.165) is 43.6 Å². The second-order valence-electron chi connectivity index (χ2n) is 8.79. The number of amides is 2. The molecule has 2 aliphatic heterocycles. The fourth-order valence-corrected chi connectivity index (χ4v) is 5.29. The first kappa shape index (κ1) is 20.1. The second-order valence-corrected chi connectivity index (χ2v) is 8.79. The van der Waals surface area contributed by atoms with E-state index in [0.29, 0.717) is 38.8 Å². The molecule has 8 heteroatoms. The number of nitrogens with two attached hydrogens (primary N) is 1. The maximum Gasteiger partial charge on any atom is 0.266 e. The molecule has 0 aromatic carbocycles. The fraction of sp³-hybridized carbons (Fsp3) is 0.714. The van der Waals surface area contributed by atoms with E-state index >= 15 is 0 Å². The smallest absolute Gasteiger partial charge is 0.266 e. The minimum absolute atomic E-state index is 0.118. The zero-order valence-electron chi connectivity index (χ0n) is 17.2. The number of carbonyl (C=O) groups excluding carboxylic acids is 2. The molecule has 2 N–H and O–H groups in total. The number of aryl methyl sites for hydroxylation is 2.